The summed E-state index contributed by atoms with van der Waals surface area (Å²) in [5, 5.41) is 19.4. The van der Waals surface area contributed by atoms with Crippen molar-refractivity contribution in [3.05, 3.63) is 0 Å². The van der Waals surface area contributed by atoms with Crippen molar-refractivity contribution in [3.63, 3.8) is 0 Å². The number of aliphatic hydroxyl groups is 1. The van der Waals surface area contributed by atoms with E-state index in [2.05, 4.69) is 5.32 Å². The van der Waals surface area contributed by atoms with Crippen molar-refractivity contribution in [3.8, 4) is 0 Å². The molecule has 1 saturated heterocycles. The van der Waals surface area contributed by atoms with Crippen LogP contribution in [0.4, 0.5) is 0 Å². The number of aliphatic carboxylic acids is 1. The largest absolute Gasteiger partial charge is 0.479 e. The normalized spacial score (nSPS) is 31.2. The second kappa shape index (κ2) is 7.16. The fourth-order valence-electron chi connectivity index (χ4n) is 2.42. The van der Waals surface area contributed by atoms with Crippen molar-refractivity contribution in [2.75, 3.05) is 12.4 Å². The molecule has 0 aromatic carbocycles. The highest BCUT2D eigenvalue weighted by Crippen LogP contribution is 2.52. The molecule has 0 spiro atoms. The molecule has 1 saturated carbocycles. The number of rotatable bonds is 4. The van der Waals surface area contributed by atoms with Crippen molar-refractivity contribution >= 4 is 40.3 Å². The highest BCUT2D eigenvalue weighted by molar-refractivity contribution is 7.92. The number of hydrogen-bond donors (Lipinski definition) is 4. The molecule has 0 aromatic rings. The van der Waals surface area contributed by atoms with Crippen LogP contribution in [0.2, 0.25) is 0 Å². The molecule has 0 radical (unpaired) electrons. The van der Waals surface area contributed by atoms with Gasteiger partial charge in [-0.2, -0.15) is 9.59 Å². The van der Waals surface area contributed by atoms with E-state index in [9.17, 15) is 23.1 Å². The predicted octanol–water partition coefficient (Wildman–Crippen LogP) is -3.10. The average molecular weight is 359 g/mol. The van der Waals surface area contributed by atoms with Crippen molar-refractivity contribution in [1.82, 2.24) is 5.32 Å². The zero-order valence-electron chi connectivity index (χ0n) is 11.1. The Balaban J connectivity index is 0.00000102. The molecule has 126 valence electrons. The maximum absolute atomic E-state index is 11.6. The van der Waals surface area contributed by atoms with Crippen molar-refractivity contribution in [1.29, 1.82) is 0 Å². The molecule has 12 heteroatoms. The van der Waals surface area contributed by atoms with Crippen LogP contribution in [0.5, 0.6) is 0 Å². The molecule has 2 aliphatic rings. The van der Waals surface area contributed by atoms with E-state index in [1.807, 2.05) is 0 Å². The second-order valence-corrected chi connectivity index (χ2v) is 7.05. The van der Waals surface area contributed by atoms with Gasteiger partial charge in [0.15, 0.2) is 15.4 Å². The van der Waals surface area contributed by atoms with Gasteiger partial charge in [-0.15, -0.1) is 12.4 Å². The van der Waals surface area contributed by atoms with Gasteiger partial charge in [0.1, 0.15) is 6.04 Å². The minimum atomic E-state index is -3.48. The molecule has 1 amide bonds. The number of carbonyl (C=O) groups is 2. The van der Waals surface area contributed by atoms with Crippen LogP contribution in [0.3, 0.4) is 0 Å². The summed E-state index contributed by atoms with van der Waals surface area (Å²) in [5.41, 5.74) is 3.48. The van der Waals surface area contributed by atoms with E-state index in [0.29, 0.717) is 0 Å². The quantitative estimate of drug-likeness (QED) is 0.404. The molecular formula is C10H15ClN2O8S. The Kier molecular flexibility index (Phi) is 6.67. The van der Waals surface area contributed by atoms with Gasteiger partial charge in [-0.3, -0.25) is 4.79 Å². The van der Waals surface area contributed by atoms with Gasteiger partial charge < -0.3 is 21.3 Å². The smallest absolute Gasteiger partial charge is 0.373 e. The van der Waals surface area contributed by atoms with Gasteiger partial charge in [0.05, 0.1) is 17.6 Å². The van der Waals surface area contributed by atoms with E-state index >= 15 is 0 Å². The summed E-state index contributed by atoms with van der Waals surface area (Å²) in [4.78, 5) is 39.1. The Morgan fingerprint density at radius 3 is 2.18 bits per heavy atom. The van der Waals surface area contributed by atoms with E-state index in [-0.39, 0.29) is 25.0 Å². The van der Waals surface area contributed by atoms with Gasteiger partial charge in [0.25, 0.3) is 0 Å². The lowest BCUT2D eigenvalue weighted by Crippen LogP contribution is -2.61. The Morgan fingerprint density at radius 2 is 1.91 bits per heavy atom. The van der Waals surface area contributed by atoms with E-state index in [0.717, 1.165) is 0 Å². The van der Waals surface area contributed by atoms with E-state index < -0.39 is 56.8 Å². The number of aliphatic hydroxyl groups excluding tert-OH is 1. The summed E-state index contributed by atoms with van der Waals surface area (Å²) in [6.45, 7) is -0.637. The molecule has 22 heavy (non-hydrogen) atoms. The maximum Gasteiger partial charge on any atom is 0.373 e. The van der Waals surface area contributed by atoms with Gasteiger partial charge in [0.2, 0.25) is 5.91 Å². The van der Waals surface area contributed by atoms with Gasteiger partial charge >= 0.3 is 12.1 Å². The monoisotopic (exact) mass is 358 g/mol. The van der Waals surface area contributed by atoms with Crippen LogP contribution in [-0.2, 0) is 29.0 Å². The summed E-state index contributed by atoms with van der Waals surface area (Å²) in [7, 11) is -3.48. The number of fused-ring (bicyclic) bond motifs is 1. The third-order valence-electron chi connectivity index (χ3n) is 3.52. The van der Waals surface area contributed by atoms with Crippen molar-refractivity contribution in [2.45, 2.75) is 23.3 Å². The fourth-order valence-corrected chi connectivity index (χ4v) is 4.91. The first-order chi connectivity index (χ1) is 9.66. The molecule has 2 rings (SSSR count). The van der Waals surface area contributed by atoms with Gasteiger partial charge in [-0.25, -0.2) is 13.2 Å². The summed E-state index contributed by atoms with van der Waals surface area (Å²) >= 11 is 0. The number of sulfone groups is 1. The third-order valence-corrected chi connectivity index (χ3v) is 5.82. The number of carboxylic acid groups (broad SMARTS) is 1. The molecule has 0 bridgehead atoms. The SMILES string of the molecule is Cl.N[C@@H](CO)C(=O)N[C@@]1(C(=O)O)CS(=O)(=O)[C@H]2C[C@H]21.O=C=O. The highest BCUT2D eigenvalue weighted by Gasteiger charge is 2.70. The van der Waals surface area contributed by atoms with Crippen molar-refractivity contribution in [2.24, 2.45) is 11.7 Å². The fraction of sp³-hybridized carbons (Fsp3) is 0.700. The number of hydrogen-bond acceptors (Lipinski definition) is 8. The van der Waals surface area contributed by atoms with Gasteiger partial charge in [-0.1, -0.05) is 0 Å². The second-order valence-electron chi connectivity index (χ2n) is 4.83. The lowest BCUT2D eigenvalue weighted by Gasteiger charge is -2.27. The third kappa shape index (κ3) is 3.62. The van der Waals surface area contributed by atoms with Crippen LogP contribution in [0.25, 0.3) is 0 Å². The number of carboxylic acids is 1. The van der Waals surface area contributed by atoms with E-state index in [4.69, 9.17) is 20.4 Å². The molecule has 0 unspecified atom stereocenters. The van der Waals surface area contributed by atoms with Gasteiger partial charge in [-0.05, 0) is 6.42 Å². The molecule has 0 aromatic heterocycles. The topological polar surface area (TPSA) is 181 Å². The molecule has 1 aliphatic carbocycles. The van der Waals surface area contributed by atoms with Crippen LogP contribution in [0.1, 0.15) is 6.42 Å². The first-order valence-corrected chi connectivity index (χ1v) is 7.50. The Morgan fingerprint density at radius 1 is 1.41 bits per heavy atom. The molecular weight excluding hydrogens is 344 g/mol. The van der Waals surface area contributed by atoms with Gasteiger partial charge in [0, 0.05) is 5.92 Å². The lowest BCUT2D eigenvalue weighted by atomic mass is 9.95. The minimum Gasteiger partial charge on any atom is -0.479 e. The molecule has 1 aliphatic heterocycles. The molecule has 2 fully saturated rings. The van der Waals surface area contributed by atoms with Crippen LogP contribution in [0.15, 0.2) is 0 Å². The standard InChI is InChI=1S/C9H14N2O6S.CO2.ClH/c10-5(2-12)7(13)11-9(8(14)15)3-18(16,17)6-1-4(6)9;2-1-3;/h4-6,12H,1-3,10H2,(H,11,13)(H,14,15);;1H/t4-,5+,6+,9+;;/m1../s1. The zero-order chi connectivity index (χ0) is 16.4. The van der Waals surface area contributed by atoms with Crippen molar-refractivity contribution < 1.29 is 37.8 Å². The average Bonchev–Trinajstić information content (AvgIpc) is 3.14. The first-order valence-electron chi connectivity index (χ1n) is 5.79. The Bertz CT molecular complexity index is 588. The number of halogens is 1. The Hall–Kier alpha value is -1.52. The maximum atomic E-state index is 11.6. The molecule has 5 N–H and O–H groups in total. The van der Waals surface area contributed by atoms with Crippen LogP contribution < -0.4 is 11.1 Å². The first kappa shape index (κ1) is 20.5. The molecule has 1 heterocycles. The number of amides is 1. The highest BCUT2D eigenvalue weighted by atomic mass is 35.5. The van der Waals surface area contributed by atoms with Crippen LogP contribution >= 0.6 is 12.4 Å². The predicted molar refractivity (Wildman–Crippen MR) is 71.5 cm³/mol. The summed E-state index contributed by atoms with van der Waals surface area (Å²) in [5.74, 6) is -3.46. The number of nitrogens with one attached hydrogen (secondary N) is 1. The van der Waals surface area contributed by atoms with Crippen LogP contribution in [-0.4, -0.2) is 65.8 Å². The molecule has 10 nitrogen and oxygen atoms in total. The lowest BCUT2D eigenvalue weighted by molar-refractivity contribution is -0.191. The minimum absolute atomic E-state index is 0. The summed E-state index contributed by atoms with van der Waals surface area (Å²) < 4.78 is 23.3. The van der Waals surface area contributed by atoms with Crippen LogP contribution in [0, 0.1) is 5.92 Å². The summed E-state index contributed by atoms with van der Waals surface area (Å²) in [6, 6.07) is -1.26. The number of carbonyl (C=O) groups excluding carboxylic acids is 3. The Labute approximate surface area is 131 Å². The number of nitrogens with two attached hydrogens (primary N) is 1. The summed E-state index contributed by atoms with van der Waals surface area (Å²) in [6.07, 6.45) is 0.489. The van der Waals surface area contributed by atoms with E-state index in [1.165, 1.54) is 0 Å². The van der Waals surface area contributed by atoms with E-state index in [1.54, 1.807) is 0 Å². The molecule has 4 atom stereocenters. The zero-order valence-corrected chi connectivity index (χ0v) is 12.7.